The summed E-state index contributed by atoms with van der Waals surface area (Å²) in [6.45, 7) is 4.09. The molecule has 0 saturated heterocycles. The Kier molecular flexibility index (Phi) is 37.7. The van der Waals surface area contributed by atoms with E-state index in [0.717, 1.165) is 44.9 Å². The average molecular weight is 766 g/mol. The Morgan fingerprint density at radius 1 is 0.585 bits per heavy atom. The molecule has 2 N–H and O–H groups in total. The molecular formula is C43H76NO8P. The van der Waals surface area contributed by atoms with Crippen molar-refractivity contribution in [2.75, 3.05) is 33.4 Å². The molecule has 0 aromatic heterocycles. The number of esters is 2. The number of phosphoric acid groups is 1. The molecule has 10 heteroatoms. The molecule has 0 radical (unpaired) electrons. The normalized spacial score (nSPS) is 14.0. The lowest BCUT2D eigenvalue weighted by Crippen LogP contribution is -2.29. The SMILES string of the molecule is CCCCC/C=C\C/C=C\C/C=C\C/C=C\C/C=C\CCC(=O)OC(COC(=O)CCCCCCCCCCCCCC)COP(=O)(O)OCCNC. The lowest BCUT2D eigenvalue weighted by Gasteiger charge is -2.19. The lowest BCUT2D eigenvalue weighted by atomic mass is 10.0. The van der Waals surface area contributed by atoms with Gasteiger partial charge in [-0.1, -0.05) is 158 Å². The van der Waals surface area contributed by atoms with E-state index in [0.29, 0.717) is 13.0 Å². The largest absolute Gasteiger partial charge is 0.472 e. The number of rotatable bonds is 38. The number of ether oxygens (including phenoxy) is 2. The third kappa shape index (κ3) is 39.2. The molecule has 0 aromatic rings. The molecular weight excluding hydrogens is 689 g/mol. The summed E-state index contributed by atoms with van der Waals surface area (Å²) in [7, 11) is -2.68. The third-order valence-corrected chi connectivity index (χ3v) is 9.39. The molecule has 2 atom stereocenters. The Balaban J connectivity index is 4.39. The van der Waals surface area contributed by atoms with Gasteiger partial charge in [-0.25, -0.2) is 4.57 Å². The monoisotopic (exact) mass is 766 g/mol. The molecule has 0 amide bonds. The molecule has 0 spiro atoms. The van der Waals surface area contributed by atoms with Crippen LogP contribution in [0.15, 0.2) is 60.8 Å². The molecule has 0 fully saturated rings. The molecule has 0 aliphatic heterocycles. The molecule has 0 bridgehead atoms. The van der Waals surface area contributed by atoms with E-state index < -0.39 is 32.5 Å². The maximum atomic E-state index is 12.6. The van der Waals surface area contributed by atoms with E-state index in [4.69, 9.17) is 18.5 Å². The van der Waals surface area contributed by atoms with Crippen LogP contribution in [0.5, 0.6) is 0 Å². The summed E-state index contributed by atoms with van der Waals surface area (Å²) in [4.78, 5) is 34.9. The number of carbonyl (C=O) groups is 2. The highest BCUT2D eigenvalue weighted by molar-refractivity contribution is 7.47. The van der Waals surface area contributed by atoms with E-state index >= 15 is 0 Å². The number of hydrogen-bond donors (Lipinski definition) is 2. The van der Waals surface area contributed by atoms with Gasteiger partial charge < -0.3 is 19.7 Å². The van der Waals surface area contributed by atoms with Crippen LogP contribution in [0.3, 0.4) is 0 Å². The first kappa shape index (κ1) is 50.7. The van der Waals surface area contributed by atoms with Crippen LogP contribution in [0, 0.1) is 0 Å². The van der Waals surface area contributed by atoms with Gasteiger partial charge in [-0.05, 0) is 58.4 Å². The van der Waals surface area contributed by atoms with Gasteiger partial charge in [0, 0.05) is 19.4 Å². The summed E-state index contributed by atoms with van der Waals surface area (Å²) in [6.07, 6.45) is 44.2. The maximum Gasteiger partial charge on any atom is 0.472 e. The van der Waals surface area contributed by atoms with E-state index in [1.165, 1.54) is 83.5 Å². The van der Waals surface area contributed by atoms with Crippen molar-refractivity contribution in [3.05, 3.63) is 60.8 Å². The number of allylic oxidation sites excluding steroid dienone is 10. The fraction of sp³-hybridized carbons (Fsp3) is 0.721. The van der Waals surface area contributed by atoms with E-state index in [1.807, 2.05) is 12.2 Å². The predicted molar refractivity (Wildman–Crippen MR) is 220 cm³/mol. The summed E-state index contributed by atoms with van der Waals surface area (Å²) in [5, 5.41) is 2.81. The number of unbranched alkanes of at least 4 members (excludes halogenated alkanes) is 14. The van der Waals surface area contributed by atoms with Crippen LogP contribution < -0.4 is 5.32 Å². The van der Waals surface area contributed by atoms with Gasteiger partial charge in [0.1, 0.15) is 6.61 Å². The molecule has 0 saturated carbocycles. The Morgan fingerprint density at radius 3 is 1.58 bits per heavy atom. The highest BCUT2D eigenvalue weighted by Gasteiger charge is 2.26. The first-order valence-electron chi connectivity index (χ1n) is 20.7. The summed E-state index contributed by atoms with van der Waals surface area (Å²) in [5.41, 5.74) is 0. The quantitative estimate of drug-likeness (QED) is 0.0274. The van der Waals surface area contributed by atoms with Crippen LogP contribution in [0.25, 0.3) is 0 Å². The van der Waals surface area contributed by atoms with Crippen molar-refractivity contribution in [2.24, 2.45) is 0 Å². The molecule has 2 unspecified atom stereocenters. The number of nitrogens with one attached hydrogen (secondary N) is 1. The number of hydrogen-bond acceptors (Lipinski definition) is 8. The summed E-state index contributed by atoms with van der Waals surface area (Å²) in [5.74, 6) is -0.905. The van der Waals surface area contributed by atoms with Crippen molar-refractivity contribution < 1.29 is 37.6 Å². The van der Waals surface area contributed by atoms with Crippen LogP contribution in [0.4, 0.5) is 0 Å². The molecule has 0 heterocycles. The van der Waals surface area contributed by atoms with Crippen molar-refractivity contribution >= 4 is 19.8 Å². The molecule has 53 heavy (non-hydrogen) atoms. The van der Waals surface area contributed by atoms with Crippen LogP contribution in [0.2, 0.25) is 0 Å². The van der Waals surface area contributed by atoms with E-state index in [9.17, 15) is 19.0 Å². The van der Waals surface area contributed by atoms with Crippen molar-refractivity contribution in [3.63, 3.8) is 0 Å². The summed E-state index contributed by atoms with van der Waals surface area (Å²) < 4.78 is 33.0. The van der Waals surface area contributed by atoms with Gasteiger partial charge in [0.15, 0.2) is 6.10 Å². The standard InChI is InChI=1S/C43H76NO8P/c1-4-6-8-10-12-14-16-18-19-20-21-22-23-24-26-28-30-32-34-36-43(46)52-41(40-51-53(47,48)50-38-37-44-3)39-49-42(45)35-33-31-29-27-25-17-15-13-11-9-7-5-2/h12,14,18-19,21-22,24,26,30,32,41,44H,4-11,13,15-17,20,23,25,27-29,31,33-40H2,1-3H3,(H,47,48)/b14-12-,19-18-,22-21-,26-24-,32-30-. The van der Waals surface area contributed by atoms with Crippen LogP contribution in [0.1, 0.15) is 162 Å². The van der Waals surface area contributed by atoms with Crippen LogP contribution in [-0.2, 0) is 32.7 Å². The van der Waals surface area contributed by atoms with Gasteiger partial charge in [0.25, 0.3) is 0 Å². The molecule has 0 rings (SSSR count). The Bertz CT molecular complexity index is 1050. The first-order chi connectivity index (χ1) is 25.8. The van der Waals surface area contributed by atoms with Gasteiger partial charge in [-0.2, -0.15) is 0 Å². The Labute approximate surface area is 323 Å². The summed E-state index contributed by atoms with van der Waals surface area (Å²) >= 11 is 0. The highest BCUT2D eigenvalue weighted by Crippen LogP contribution is 2.43. The van der Waals surface area contributed by atoms with Crippen molar-refractivity contribution in [1.29, 1.82) is 0 Å². The van der Waals surface area contributed by atoms with E-state index in [2.05, 4.69) is 67.8 Å². The fourth-order valence-corrected chi connectivity index (χ4v) is 5.99. The number of phosphoric ester groups is 1. The third-order valence-electron chi connectivity index (χ3n) is 8.40. The summed E-state index contributed by atoms with van der Waals surface area (Å²) in [6, 6.07) is 0. The highest BCUT2D eigenvalue weighted by atomic mass is 31.2. The van der Waals surface area contributed by atoms with Crippen molar-refractivity contribution in [1.82, 2.24) is 5.32 Å². The average Bonchev–Trinajstić information content (AvgIpc) is 3.14. The van der Waals surface area contributed by atoms with Gasteiger partial charge in [0.05, 0.1) is 13.2 Å². The minimum atomic E-state index is -4.37. The topological polar surface area (TPSA) is 120 Å². The Hall–Kier alpha value is -2.29. The second-order valence-corrected chi connectivity index (χ2v) is 14.9. The van der Waals surface area contributed by atoms with Gasteiger partial charge in [0.2, 0.25) is 0 Å². The zero-order valence-electron chi connectivity index (χ0n) is 33.7. The van der Waals surface area contributed by atoms with E-state index in [1.54, 1.807) is 7.05 Å². The lowest BCUT2D eigenvalue weighted by molar-refractivity contribution is -0.161. The fourth-order valence-electron chi connectivity index (χ4n) is 5.24. The van der Waals surface area contributed by atoms with Gasteiger partial charge >= 0.3 is 19.8 Å². The van der Waals surface area contributed by atoms with E-state index in [-0.39, 0.29) is 26.1 Å². The zero-order valence-corrected chi connectivity index (χ0v) is 34.6. The maximum absolute atomic E-state index is 12.6. The molecule has 0 aromatic carbocycles. The number of carbonyl (C=O) groups excluding carboxylic acids is 2. The van der Waals surface area contributed by atoms with Crippen molar-refractivity contribution in [2.45, 2.75) is 168 Å². The molecule has 0 aliphatic carbocycles. The van der Waals surface area contributed by atoms with Crippen molar-refractivity contribution in [3.8, 4) is 0 Å². The predicted octanol–water partition coefficient (Wildman–Crippen LogP) is 11.6. The smallest absolute Gasteiger partial charge is 0.462 e. The first-order valence-corrected chi connectivity index (χ1v) is 22.2. The molecule has 306 valence electrons. The second kappa shape index (κ2) is 39.4. The van der Waals surface area contributed by atoms with Crippen LogP contribution in [-0.4, -0.2) is 56.3 Å². The minimum absolute atomic E-state index is 0.0316. The Morgan fingerprint density at radius 2 is 1.06 bits per heavy atom. The minimum Gasteiger partial charge on any atom is -0.462 e. The van der Waals surface area contributed by atoms with Gasteiger partial charge in [-0.3, -0.25) is 18.6 Å². The van der Waals surface area contributed by atoms with Gasteiger partial charge in [-0.15, -0.1) is 0 Å². The second-order valence-electron chi connectivity index (χ2n) is 13.5. The molecule has 9 nitrogen and oxygen atoms in total. The van der Waals surface area contributed by atoms with Crippen LogP contribution >= 0.6 is 7.82 Å². The molecule has 0 aliphatic rings. The zero-order chi connectivity index (χ0) is 38.9. The number of likely N-dealkylation sites (N-methyl/N-ethyl adjacent to an activating group) is 1.